The predicted molar refractivity (Wildman–Crippen MR) is 270 cm³/mol. The molecule has 0 heterocycles. The van der Waals surface area contributed by atoms with E-state index in [1.54, 1.807) is 0 Å². The van der Waals surface area contributed by atoms with Crippen LogP contribution >= 0.6 is 0 Å². The van der Waals surface area contributed by atoms with Crippen LogP contribution in [0, 0.1) is 11.8 Å². The van der Waals surface area contributed by atoms with Crippen molar-refractivity contribution in [2.45, 2.75) is 323 Å². The highest BCUT2D eigenvalue weighted by Crippen LogP contribution is 2.18. The Labute approximate surface area is 393 Å². The number of hydrogen-bond donors (Lipinski definition) is 0. The van der Waals surface area contributed by atoms with E-state index < -0.39 is 6.10 Å². The van der Waals surface area contributed by atoms with Gasteiger partial charge in [-0.25, -0.2) is 0 Å². The summed E-state index contributed by atoms with van der Waals surface area (Å²) in [6.45, 7) is 11.4. The Morgan fingerprint density at radius 1 is 0.302 bits per heavy atom. The zero-order valence-electron chi connectivity index (χ0n) is 43.2. The molecule has 0 rings (SSSR count). The van der Waals surface area contributed by atoms with E-state index >= 15 is 0 Å². The van der Waals surface area contributed by atoms with Crippen molar-refractivity contribution in [2.75, 3.05) is 13.2 Å². The zero-order valence-corrected chi connectivity index (χ0v) is 43.2. The summed E-state index contributed by atoms with van der Waals surface area (Å²) < 4.78 is 16.9. The van der Waals surface area contributed by atoms with Crippen LogP contribution in [0.1, 0.15) is 317 Å². The summed E-state index contributed by atoms with van der Waals surface area (Å²) >= 11 is 0. The number of carbonyl (C=O) groups is 3. The van der Waals surface area contributed by atoms with Crippen LogP contribution in [0.4, 0.5) is 0 Å². The lowest BCUT2D eigenvalue weighted by molar-refractivity contribution is -0.167. The van der Waals surface area contributed by atoms with Gasteiger partial charge >= 0.3 is 17.9 Å². The van der Waals surface area contributed by atoms with Crippen molar-refractivity contribution < 1.29 is 28.6 Å². The van der Waals surface area contributed by atoms with E-state index in [0.29, 0.717) is 19.3 Å². The molecule has 0 fully saturated rings. The monoisotopic (exact) mass is 891 g/mol. The fourth-order valence-electron chi connectivity index (χ4n) is 8.70. The molecule has 0 aliphatic carbocycles. The third-order valence-corrected chi connectivity index (χ3v) is 13.0. The number of esters is 3. The smallest absolute Gasteiger partial charge is 0.306 e. The minimum Gasteiger partial charge on any atom is -0.462 e. The first-order valence-corrected chi connectivity index (χ1v) is 28.2. The summed E-state index contributed by atoms with van der Waals surface area (Å²) in [5, 5.41) is 0. The van der Waals surface area contributed by atoms with Gasteiger partial charge in [0.2, 0.25) is 0 Å². The van der Waals surface area contributed by atoms with Crippen LogP contribution in [0.2, 0.25) is 0 Å². The quantitative estimate of drug-likeness (QED) is 0.0344. The van der Waals surface area contributed by atoms with Crippen LogP contribution in [-0.2, 0) is 28.6 Å². The number of rotatable bonds is 51. The molecule has 0 aliphatic rings. The second-order valence-electron chi connectivity index (χ2n) is 20.5. The van der Waals surface area contributed by atoms with Gasteiger partial charge in [0.25, 0.3) is 0 Å². The van der Waals surface area contributed by atoms with Crippen LogP contribution in [0.15, 0.2) is 0 Å². The van der Waals surface area contributed by atoms with Crippen molar-refractivity contribution >= 4 is 17.9 Å². The first-order chi connectivity index (χ1) is 30.7. The molecule has 0 saturated heterocycles. The number of hydrogen-bond acceptors (Lipinski definition) is 6. The minimum atomic E-state index is -0.762. The van der Waals surface area contributed by atoms with Gasteiger partial charge in [-0.2, -0.15) is 0 Å². The number of unbranched alkanes of at least 4 members (excludes halogenated alkanes) is 36. The predicted octanol–water partition coefficient (Wildman–Crippen LogP) is 18.5. The van der Waals surface area contributed by atoms with Gasteiger partial charge in [0, 0.05) is 19.3 Å². The van der Waals surface area contributed by atoms with E-state index in [-0.39, 0.29) is 31.1 Å². The second-order valence-corrected chi connectivity index (χ2v) is 20.5. The number of ether oxygens (including phenoxy) is 3. The van der Waals surface area contributed by atoms with Crippen LogP contribution in [0.25, 0.3) is 0 Å². The van der Waals surface area contributed by atoms with Crippen LogP contribution in [-0.4, -0.2) is 37.2 Å². The molecule has 6 heteroatoms. The van der Waals surface area contributed by atoms with Crippen LogP contribution in [0.3, 0.4) is 0 Å². The van der Waals surface area contributed by atoms with Crippen molar-refractivity contribution in [2.24, 2.45) is 11.8 Å². The molecule has 0 unspecified atom stereocenters. The molecular weight excluding hydrogens is 781 g/mol. The van der Waals surface area contributed by atoms with Gasteiger partial charge in [-0.1, -0.05) is 279 Å². The molecule has 0 amide bonds. The lowest BCUT2D eigenvalue weighted by Crippen LogP contribution is -2.30. The normalized spacial score (nSPS) is 12.0. The average molecular weight is 892 g/mol. The molecule has 0 spiro atoms. The number of carbonyl (C=O) groups excluding carboxylic acids is 3. The first-order valence-electron chi connectivity index (χ1n) is 28.2. The fourth-order valence-corrected chi connectivity index (χ4v) is 8.70. The Morgan fingerprint density at radius 3 is 0.778 bits per heavy atom. The van der Waals surface area contributed by atoms with Gasteiger partial charge in [0.1, 0.15) is 13.2 Å². The van der Waals surface area contributed by atoms with Gasteiger partial charge in [-0.3, -0.25) is 14.4 Å². The van der Waals surface area contributed by atoms with Gasteiger partial charge in [0.15, 0.2) is 6.10 Å². The summed E-state index contributed by atoms with van der Waals surface area (Å²) in [4.78, 5) is 38.1. The topological polar surface area (TPSA) is 78.9 Å². The molecule has 0 aromatic rings. The Bertz CT molecular complexity index is 962. The Morgan fingerprint density at radius 2 is 0.524 bits per heavy atom. The van der Waals surface area contributed by atoms with E-state index in [0.717, 1.165) is 69.6 Å². The highest BCUT2D eigenvalue weighted by atomic mass is 16.6. The summed E-state index contributed by atoms with van der Waals surface area (Å²) in [6, 6.07) is 0. The van der Waals surface area contributed by atoms with E-state index in [2.05, 4.69) is 34.6 Å². The van der Waals surface area contributed by atoms with Gasteiger partial charge in [-0.15, -0.1) is 0 Å². The summed E-state index contributed by atoms with van der Waals surface area (Å²) in [5.41, 5.74) is 0. The Hall–Kier alpha value is -1.59. The lowest BCUT2D eigenvalue weighted by atomic mass is 10.0. The molecular formula is C57H110O6. The molecule has 0 saturated carbocycles. The maximum Gasteiger partial charge on any atom is 0.306 e. The summed E-state index contributed by atoms with van der Waals surface area (Å²) in [5.74, 6) is 0.827. The molecule has 0 aromatic heterocycles. The highest BCUT2D eigenvalue weighted by Gasteiger charge is 2.19. The molecule has 1 atom stereocenters. The van der Waals surface area contributed by atoms with Crippen molar-refractivity contribution in [3.8, 4) is 0 Å². The standard InChI is InChI=1S/C57H110O6/c1-6-7-8-9-10-11-12-17-21-27-32-37-42-47-55(58)61-50-54(63-57(60)49-44-39-34-29-24-23-26-31-36-41-46-53(4)5)51-62-56(59)48-43-38-33-28-22-19-16-14-13-15-18-20-25-30-35-40-45-52(2)3/h52-54H,6-51H2,1-5H3/t54-/m0/s1. The van der Waals surface area contributed by atoms with Crippen molar-refractivity contribution in [1.29, 1.82) is 0 Å². The summed E-state index contributed by atoms with van der Waals surface area (Å²) in [6.07, 6.45) is 52.3. The molecule has 0 aliphatic heterocycles. The maximum atomic E-state index is 12.8. The maximum absolute atomic E-state index is 12.8. The van der Waals surface area contributed by atoms with Gasteiger partial charge < -0.3 is 14.2 Å². The minimum absolute atomic E-state index is 0.0630. The molecule has 0 radical (unpaired) electrons. The van der Waals surface area contributed by atoms with E-state index in [1.807, 2.05) is 0 Å². The van der Waals surface area contributed by atoms with Gasteiger partial charge in [-0.05, 0) is 31.1 Å². The molecule has 0 aromatic carbocycles. The van der Waals surface area contributed by atoms with Gasteiger partial charge in [0.05, 0.1) is 0 Å². The van der Waals surface area contributed by atoms with Crippen molar-refractivity contribution in [1.82, 2.24) is 0 Å². The third kappa shape index (κ3) is 51.3. The van der Waals surface area contributed by atoms with E-state index in [4.69, 9.17) is 14.2 Å². The van der Waals surface area contributed by atoms with Crippen LogP contribution < -0.4 is 0 Å². The molecule has 374 valence electrons. The largest absolute Gasteiger partial charge is 0.462 e. The molecule has 0 bridgehead atoms. The zero-order chi connectivity index (χ0) is 46.1. The first kappa shape index (κ1) is 61.4. The SMILES string of the molecule is CCCCCCCCCCCCCCCC(=O)OC[C@@H](COC(=O)CCCCCCCCCCCCCCCCCCC(C)C)OC(=O)CCCCCCCCCCCCC(C)C. The second kappa shape index (κ2) is 49.8. The molecule has 6 nitrogen and oxygen atoms in total. The van der Waals surface area contributed by atoms with Crippen LogP contribution in [0.5, 0.6) is 0 Å². The van der Waals surface area contributed by atoms with Crippen molar-refractivity contribution in [3.05, 3.63) is 0 Å². The van der Waals surface area contributed by atoms with E-state index in [9.17, 15) is 14.4 Å². The van der Waals surface area contributed by atoms with Crippen molar-refractivity contribution in [3.63, 3.8) is 0 Å². The Balaban J connectivity index is 4.26. The fraction of sp³-hybridized carbons (Fsp3) is 0.947. The van der Waals surface area contributed by atoms with E-state index in [1.165, 1.54) is 205 Å². The summed E-state index contributed by atoms with van der Waals surface area (Å²) in [7, 11) is 0. The highest BCUT2D eigenvalue weighted by molar-refractivity contribution is 5.71. The average Bonchev–Trinajstić information content (AvgIpc) is 3.25. The lowest BCUT2D eigenvalue weighted by Gasteiger charge is -2.18. The Kier molecular flexibility index (Phi) is 48.6. The molecule has 63 heavy (non-hydrogen) atoms. The third-order valence-electron chi connectivity index (χ3n) is 13.0. The molecule has 0 N–H and O–H groups in total.